The van der Waals surface area contributed by atoms with Gasteiger partial charge in [-0.05, 0) is 42.3 Å². The largest absolute Gasteiger partial charge is 0.265 e. The Balaban J connectivity index is 1.64. The van der Waals surface area contributed by atoms with Gasteiger partial charge in [-0.25, -0.2) is 5.43 Å². The first-order chi connectivity index (χ1) is 12.3. The summed E-state index contributed by atoms with van der Waals surface area (Å²) >= 11 is 0. The highest BCUT2D eigenvalue weighted by Crippen LogP contribution is 2.09. The Kier molecular flexibility index (Phi) is 5.29. The smallest absolute Gasteiger partial charge is 0.265 e. The zero-order valence-electron chi connectivity index (χ0n) is 13.4. The van der Waals surface area contributed by atoms with Gasteiger partial charge < -0.3 is 0 Å². The van der Waals surface area contributed by atoms with E-state index in [1.807, 2.05) is 24.3 Å². The summed E-state index contributed by atoms with van der Waals surface area (Å²) in [5.74, 6) is 0.749. The fourth-order valence-electron chi connectivity index (χ4n) is 1.76. The van der Waals surface area contributed by atoms with Gasteiger partial charge in [0.05, 0.1) is 12.4 Å². The van der Waals surface area contributed by atoms with Crippen molar-refractivity contribution in [1.29, 1.82) is 0 Å². The minimum Gasteiger partial charge on any atom is -0.265 e. The summed E-state index contributed by atoms with van der Waals surface area (Å²) < 4.78 is 0. The van der Waals surface area contributed by atoms with Crippen molar-refractivity contribution in [3.8, 4) is 0 Å². The molecule has 0 bridgehead atoms. The van der Waals surface area contributed by atoms with Gasteiger partial charge in [0, 0.05) is 24.8 Å². The monoisotopic (exact) mass is 333 g/mol. The molecular formula is C16H15N9. The Hall–Kier alpha value is -3.75. The second-order valence-electron chi connectivity index (χ2n) is 4.87. The van der Waals surface area contributed by atoms with Crippen molar-refractivity contribution in [1.82, 2.24) is 25.1 Å². The second-order valence-corrected chi connectivity index (χ2v) is 4.87. The standard InChI is InChI=1S/C16H15N9/c1-12-15(23-19-10-13-2-6-17-7-3-13)21-16(25-22-12)24-20-11-14-4-8-18-9-5-14/h2-11H,1H3,(H2,21,23,24,25). The number of hydrogen-bond acceptors (Lipinski definition) is 9. The average molecular weight is 333 g/mol. The van der Waals surface area contributed by atoms with Crippen LogP contribution >= 0.6 is 0 Å². The van der Waals surface area contributed by atoms with Crippen LogP contribution in [0.4, 0.5) is 11.8 Å². The molecule has 0 radical (unpaired) electrons. The normalized spacial score (nSPS) is 11.1. The second kappa shape index (κ2) is 8.20. The molecule has 0 saturated carbocycles. The molecule has 0 aliphatic heterocycles. The van der Waals surface area contributed by atoms with Crippen LogP contribution in [0.15, 0.2) is 59.3 Å². The van der Waals surface area contributed by atoms with E-state index < -0.39 is 0 Å². The maximum absolute atomic E-state index is 4.29. The molecule has 0 amide bonds. The lowest BCUT2D eigenvalue weighted by Crippen LogP contribution is -2.05. The first-order valence-electron chi connectivity index (χ1n) is 7.41. The minimum atomic E-state index is 0.262. The van der Waals surface area contributed by atoms with Crippen LogP contribution < -0.4 is 10.9 Å². The van der Waals surface area contributed by atoms with Crippen molar-refractivity contribution < 1.29 is 0 Å². The molecule has 0 aliphatic rings. The number of aromatic nitrogens is 5. The van der Waals surface area contributed by atoms with Gasteiger partial charge in [0.15, 0.2) is 5.82 Å². The Bertz CT molecular complexity index is 863. The first-order valence-corrected chi connectivity index (χ1v) is 7.41. The molecule has 0 atom stereocenters. The molecule has 0 spiro atoms. The molecule has 3 heterocycles. The third-order valence-electron chi connectivity index (χ3n) is 3.03. The summed E-state index contributed by atoms with van der Waals surface area (Å²) in [6, 6.07) is 7.36. The van der Waals surface area contributed by atoms with Gasteiger partial charge >= 0.3 is 0 Å². The van der Waals surface area contributed by atoms with E-state index in [0.717, 1.165) is 11.1 Å². The highest BCUT2D eigenvalue weighted by Gasteiger charge is 2.03. The molecule has 3 rings (SSSR count). The van der Waals surface area contributed by atoms with E-state index in [-0.39, 0.29) is 5.95 Å². The fraction of sp³-hybridized carbons (Fsp3) is 0.0625. The first kappa shape index (κ1) is 16.1. The van der Waals surface area contributed by atoms with Gasteiger partial charge in [0.2, 0.25) is 0 Å². The number of rotatable bonds is 6. The third kappa shape index (κ3) is 4.86. The molecule has 3 aromatic heterocycles. The van der Waals surface area contributed by atoms with E-state index in [4.69, 9.17) is 0 Å². The van der Waals surface area contributed by atoms with Crippen LogP contribution in [0.3, 0.4) is 0 Å². The number of anilines is 2. The number of hydrazone groups is 2. The van der Waals surface area contributed by atoms with Crippen molar-refractivity contribution in [2.24, 2.45) is 10.2 Å². The Labute approximate surface area is 144 Å². The number of pyridine rings is 2. The molecule has 0 aliphatic carbocycles. The zero-order chi connectivity index (χ0) is 17.3. The Morgan fingerprint density at radius 2 is 1.36 bits per heavy atom. The van der Waals surface area contributed by atoms with Crippen LogP contribution in [-0.2, 0) is 0 Å². The lowest BCUT2D eigenvalue weighted by atomic mass is 10.3. The van der Waals surface area contributed by atoms with Gasteiger partial charge in [-0.3, -0.25) is 15.4 Å². The van der Waals surface area contributed by atoms with Crippen LogP contribution in [0.1, 0.15) is 16.8 Å². The average Bonchev–Trinajstić information content (AvgIpc) is 2.66. The molecule has 9 nitrogen and oxygen atoms in total. The van der Waals surface area contributed by atoms with E-state index in [9.17, 15) is 0 Å². The van der Waals surface area contributed by atoms with Crippen LogP contribution in [-0.4, -0.2) is 37.6 Å². The maximum Gasteiger partial charge on any atom is 0.265 e. The fourth-order valence-corrected chi connectivity index (χ4v) is 1.76. The predicted molar refractivity (Wildman–Crippen MR) is 95.5 cm³/mol. The summed E-state index contributed by atoms with van der Waals surface area (Å²) in [7, 11) is 0. The molecule has 0 fully saturated rings. The van der Waals surface area contributed by atoms with Gasteiger partial charge in [-0.1, -0.05) is 0 Å². The zero-order valence-corrected chi connectivity index (χ0v) is 13.4. The summed E-state index contributed by atoms with van der Waals surface area (Å²) in [6.45, 7) is 1.79. The van der Waals surface area contributed by atoms with Crippen molar-refractivity contribution >= 4 is 24.2 Å². The van der Waals surface area contributed by atoms with Crippen molar-refractivity contribution in [2.75, 3.05) is 10.9 Å². The molecule has 0 aromatic carbocycles. The predicted octanol–water partition coefficient (Wildman–Crippen LogP) is 1.86. The quantitative estimate of drug-likeness (QED) is 0.523. The van der Waals surface area contributed by atoms with E-state index >= 15 is 0 Å². The molecule has 9 heteroatoms. The minimum absolute atomic E-state index is 0.262. The third-order valence-corrected chi connectivity index (χ3v) is 3.03. The molecule has 0 saturated heterocycles. The van der Waals surface area contributed by atoms with E-state index in [1.165, 1.54) is 0 Å². The molecule has 2 N–H and O–H groups in total. The molecular weight excluding hydrogens is 318 g/mol. The van der Waals surface area contributed by atoms with Crippen LogP contribution in [0.25, 0.3) is 0 Å². The van der Waals surface area contributed by atoms with E-state index in [1.54, 1.807) is 44.1 Å². The summed E-state index contributed by atoms with van der Waals surface area (Å²) in [4.78, 5) is 12.2. The maximum atomic E-state index is 4.29. The van der Waals surface area contributed by atoms with E-state index in [2.05, 4.69) is 46.2 Å². The van der Waals surface area contributed by atoms with Crippen LogP contribution in [0.5, 0.6) is 0 Å². The number of hydrogen-bond donors (Lipinski definition) is 2. The number of nitrogens with zero attached hydrogens (tertiary/aromatic N) is 7. The molecule has 0 unspecified atom stereocenters. The highest BCUT2D eigenvalue weighted by atomic mass is 15.4. The van der Waals surface area contributed by atoms with Gasteiger partial charge in [-0.2, -0.15) is 15.2 Å². The van der Waals surface area contributed by atoms with Gasteiger partial charge in [-0.15, -0.1) is 10.2 Å². The van der Waals surface area contributed by atoms with Gasteiger partial charge in [0.1, 0.15) is 5.69 Å². The lowest BCUT2D eigenvalue weighted by molar-refractivity contribution is 0.922. The van der Waals surface area contributed by atoms with Crippen LogP contribution in [0, 0.1) is 6.92 Å². The summed E-state index contributed by atoms with van der Waals surface area (Å²) in [6.07, 6.45) is 10.1. The summed E-state index contributed by atoms with van der Waals surface area (Å²) in [5, 5.41) is 16.2. The summed E-state index contributed by atoms with van der Waals surface area (Å²) in [5.41, 5.74) is 8.02. The van der Waals surface area contributed by atoms with E-state index in [0.29, 0.717) is 11.5 Å². The number of aryl methyl sites for hydroxylation is 1. The Morgan fingerprint density at radius 3 is 1.96 bits per heavy atom. The molecule has 3 aromatic rings. The topological polar surface area (TPSA) is 113 Å². The van der Waals surface area contributed by atoms with Gasteiger partial charge in [0.25, 0.3) is 5.95 Å². The van der Waals surface area contributed by atoms with Crippen molar-refractivity contribution in [3.05, 3.63) is 65.9 Å². The van der Waals surface area contributed by atoms with Crippen molar-refractivity contribution in [3.63, 3.8) is 0 Å². The highest BCUT2D eigenvalue weighted by molar-refractivity contribution is 5.80. The number of nitrogens with one attached hydrogen (secondary N) is 2. The van der Waals surface area contributed by atoms with Crippen molar-refractivity contribution in [2.45, 2.75) is 6.92 Å². The Morgan fingerprint density at radius 1 is 0.800 bits per heavy atom. The molecule has 124 valence electrons. The lowest BCUT2D eigenvalue weighted by Gasteiger charge is -2.04. The molecule has 25 heavy (non-hydrogen) atoms. The van der Waals surface area contributed by atoms with Crippen LogP contribution in [0.2, 0.25) is 0 Å². The SMILES string of the molecule is Cc1nnc(NN=Cc2ccncc2)nc1NN=Cc1ccncc1.